The lowest BCUT2D eigenvalue weighted by Gasteiger charge is -2.46. The van der Waals surface area contributed by atoms with Crippen molar-refractivity contribution >= 4 is 21.8 Å². The number of piperidine rings is 1. The van der Waals surface area contributed by atoms with Crippen LogP contribution in [0.1, 0.15) is 56.5 Å². The van der Waals surface area contributed by atoms with Crippen molar-refractivity contribution in [3.05, 3.63) is 64.1 Å². The zero-order valence-corrected chi connectivity index (χ0v) is 18.6. The second-order valence-electron chi connectivity index (χ2n) is 8.88. The monoisotopic (exact) mass is 444 g/mol. The summed E-state index contributed by atoms with van der Waals surface area (Å²) in [5.41, 5.74) is 1.66. The summed E-state index contributed by atoms with van der Waals surface area (Å²) in [6.07, 6.45) is 1.82. The van der Waals surface area contributed by atoms with E-state index in [1.54, 1.807) is 0 Å². The first kappa shape index (κ1) is 20.9. The number of halogens is 1. The smallest absolute Gasteiger partial charge is 0.251 e. The molecule has 0 bridgehead atoms. The second kappa shape index (κ2) is 8.26. The molecule has 3 rings (SSSR count). The second-order valence-corrected chi connectivity index (χ2v) is 9.73. The molecule has 1 saturated heterocycles. The highest BCUT2D eigenvalue weighted by molar-refractivity contribution is 9.10. The molecule has 1 aliphatic heterocycles. The van der Waals surface area contributed by atoms with Gasteiger partial charge in [0.05, 0.1) is 0 Å². The van der Waals surface area contributed by atoms with Crippen LogP contribution in [0.5, 0.6) is 5.75 Å². The minimum atomic E-state index is -0.0327. The van der Waals surface area contributed by atoms with E-state index in [0.717, 1.165) is 28.6 Å². The number of amides is 1. The van der Waals surface area contributed by atoms with E-state index in [0.29, 0.717) is 12.2 Å². The van der Waals surface area contributed by atoms with Crippen LogP contribution in [0, 0.1) is 0 Å². The summed E-state index contributed by atoms with van der Waals surface area (Å²) in [5.74, 6) is 0.794. The van der Waals surface area contributed by atoms with Gasteiger partial charge in [0.15, 0.2) is 0 Å². The van der Waals surface area contributed by atoms with Gasteiger partial charge in [-0.2, -0.15) is 0 Å². The minimum absolute atomic E-state index is 0.00108. The van der Waals surface area contributed by atoms with Crippen LogP contribution >= 0.6 is 15.9 Å². The van der Waals surface area contributed by atoms with Crippen LogP contribution in [0.2, 0.25) is 0 Å². The summed E-state index contributed by atoms with van der Waals surface area (Å²) < 4.78 is 6.68. The normalized spacial score (nSPS) is 18.5. The van der Waals surface area contributed by atoms with Gasteiger partial charge in [-0.25, -0.2) is 0 Å². The molecule has 1 aliphatic rings. The summed E-state index contributed by atoms with van der Waals surface area (Å²) in [6, 6.07) is 15.5. The van der Waals surface area contributed by atoms with Gasteiger partial charge in [0.2, 0.25) is 0 Å². The van der Waals surface area contributed by atoms with Crippen LogP contribution < -0.4 is 15.4 Å². The molecule has 0 unspecified atom stereocenters. The fourth-order valence-electron chi connectivity index (χ4n) is 4.18. The average molecular weight is 445 g/mol. The maximum absolute atomic E-state index is 12.8. The molecule has 28 heavy (non-hydrogen) atoms. The first-order valence-corrected chi connectivity index (χ1v) is 10.5. The van der Waals surface area contributed by atoms with Gasteiger partial charge in [-0.15, -0.1) is 0 Å². The van der Waals surface area contributed by atoms with Gasteiger partial charge < -0.3 is 15.4 Å². The third-order valence-electron chi connectivity index (χ3n) is 4.98. The van der Waals surface area contributed by atoms with Crippen LogP contribution in [0.4, 0.5) is 0 Å². The highest BCUT2D eigenvalue weighted by Crippen LogP contribution is 2.29. The highest BCUT2D eigenvalue weighted by Gasteiger charge is 2.38. The predicted octanol–water partition coefficient (Wildman–Crippen LogP) is 5.07. The molecule has 5 heteroatoms. The Morgan fingerprint density at radius 3 is 2.36 bits per heavy atom. The van der Waals surface area contributed by atoms with Crippen molar-refractivity contribution in [3.8, 4) is 5.75 Å². The van der Waals surface area contributed by atoms with E-state index in [1.165, 1.54) is 0 Å². The zero-order chi connectivity index (χ0) is 20.4. The largest absolute Gasteiger partial charge is 0.489 e. The molecular formula is C23H29BrN2O2. The molecule has 1 amide bonds. The van der Waals surface area contributed by atoms with E-state index in [-0.39, 0.29) is 23.0 Å². The van der Waals surface area contributed by atoms with E-state index in [1.807, 2.05) is 48.5 Å². The Bertz CT molecular complexity index is 818. The fourth-order valence-corrected chi connectivity index (χ4v) is 4.67. The first-order chi connectivity index (χ1) is 13.1. The molecule has 150 valence electrons. The van der Waals surface area contributed by atoms with Crippen molar-refractivity contribution in [2.24, 2.45) is 0 Å². The number of carbonyl (C=O) groups excluding carboxylic acids is 1. The summed E-state index contributed by atoms with van der Waals surface area (Å²) in [4.78, 5) is 12.8. The van der Waals surface area contributed by atoms with E-state index >= 15 is 0 Å². The standard InChI is InChI=1S/C23H29BrN2O2/c1-22(2)13-18(14-23(3,4)26-22)25-21(27)16-10-11-17(20(24)12-16)15-28-19-8-6-5-7-9-19/h5-12,18,26H,13-15H2,1-4H3,(H,25,27). The number of carbonyl (C=O) groups is 1. The minimum Gasteiger partial charge on any atom is -0.489 e. The van der Waals surface area contributed by atoms with Gasteiger partial charge in [-0.3, -0.25) is 4.79 Å². The predicted molar refractivity (Wildman–Crippen MR) is 117 cm³/mol. The maximum Gasteiger partial charge on any atom is 0.251 e. The molecule has 0 saturated carbocycles. The third-order valence-corrected chi connectivity index (χ3v) is 5.72. The molecule has 0 atom stereocenters. The number of hydrogen-bond donors (Lipinski definition) is 2. The molecule has 2 aromatic rings. The van der Waals surface area contributed by atoms with Crippen LogP contribution in [0.15, 0.2) is 53.0 Å². The molecule has 0 radical (unpaired) electrons. The first-order valence-electron chi connectivity index (χ1n) is 9.70. The van der Waals surface area contributed by atoms with Gasteiger partial charge >= 0.3 is 0 Å². The molecule has 2 aromatic carbocycles. The van der Waals surface area contributed by atoms with Crippen molar-refractivity contribution < 1.29 is 9.53 Å². The lowest BCUT2D eigenvalue weighted by molar-refractivity contribution is 0.0873. The summed E-state index contributed by atoms with van der Waals surface area (Å²) >= 11 is 3.58. The molecule has 0 aliphatic carbocycles. The maximum atomic E-state index is 12.8. The van der Waals surface area contributed by atoms with Crippen LogP contribution in [-0.4, -0.2) is 23.0 Å². The Labute approximate surface area is 176 Å². The molecule has 4 nitrogen and oxygen atoms in total. The molecule has 2 N–H and O–H groups in total. The van der Waals surface area contributed by atoms with E-state index in [4.69, 9.17) is 4.74 Å². The Balaban J connectivity index is 1.63. The van der Waals surface area contributed by atoms with Gasteiger partial charge in [0.25, 0.3) is 5.91 Å². The van der Waals surface area contributed by atoms with Crippen LogP contribution in [-0.2, 0) is 6.61 Å². The van der Waals surface area contributed by atoms with Gasteiger partial charge in [-0.05, 0) is 64.8 Å². The number of nitrogens with one attached hydrogen (secondary N) is 2. The van der Waals surface area contributed by atoms with Gasteiger partial charge in [-0.1, -0.05) is 40.2 Å². The number of hydrogen-bond acceptors (Lipinski definition) is 3. The Morgan fingerprint density at radius 1 is 1.11 bits per heavy atom. The molecular weight excluding hydrogens is 416 g/mol. The number of para-hydroxylation sites is 1. The number of rotatable bonds is 5. The Kier molecular flexibility index (Phi) is 6.15. The molecule has 0 aromatic heterocycles. The summed E-state index contributed by atoms with van der Waals surface area (Å²) in [6.45, 7) is 9.19. The van der Waals surface area contributed by atoms with E-state index in [9.17, 15) is 4.79 Å². The van der Waals surface area contributed by atoms with Crippen molar-refractivity contribution in [3.63, 3.8) is 0 Å². The SMILES string of the molecule is CC1(C)CC(NC(=O)c2ccc(COc3ccccc3)c(Br)c2)CC(C)(C)N1. The lowest BCUT2D eigenvalue weighted by atomic mass is 9.79. The van der Waals surface area contributed by atoms with Crippen molar-refractivity contribution in [1.82, 2.24) is 10.6 Å². The van der Waals surface area contributed by atoms with Crippen molar-refractivity contribution in [2.75, 3.05) is 0 Å². The van der Waals surface area contributed by atoms with Gasteiger partial charge in [0, 0.05) is 32.7 Å². The number of benzene rings is 2. The van der Waals surface area contributed by atoms with Crippen molar-refractivity contribution in [1.29, 1.82) is 0 Å². The summed E-state index contributed by atoms with van der Waals surface area (Å²) in [7, 11) is 0. The Morgan fingerprint density at radius 2 is 1.75 bits per heavy atom. The fraction of sp³-hybridized carbons (Fsp3) is 0.435. The quantitative estimate of drug-likeness (QED) is 0.676. The summed E-state index contributed by atoms with van der Waals surface area (Å²) in [5, 5.41) is 6.87. The topological polar surface area (TPSA) is 50.4 Å². The third kappa shape index (κ3) is 5.58. The number of ether oxygens (including phenoxy) is 1. The van der Waals surface area contributed by atoms with Crippen LogP contribution in [0.3, 0.4) is 0 Å². The average Bonchev–Trinajstić information content (AvgIpc) is 2.58. The molecule has 1 heterocycles. The van der Waals surface area contributed by atoms with Crippen LogP contribution in [0.25, 0.3) is 0 Å². The van der Waals surface area contributed by atoms with E-state index in [2.05, 4.69) is 54.3 Å². The Hall–Kier alpha value is -1.85. The lowest BCUT2D eigenvalue weighted by Crippen LogP contribution is -2.62. The van der Waals surface area contributed by atoms with Gasteiger partial charge in [0.1, 0.15) is 12.4 Å². The van der Waals surface area contributed by atoms with E-state index < -0.39 is 0 Å². The zero-order valence-electron chi connectivity index (χ0n) is 17.0. The highest BCUT2D eigenvalue weighted by atomic mass is 79.9. The molecule has 1 fully saturated rings. The molecule has 0 spiro atoms. The van der Waals surface area contributed by atoms with Crippen molar-refractivity contribution in [2.45, 2.75) is 64.3 Å².